The van der Waals surface area contributed by atoms with E-state index in [0.717, 1.165) is 0 Å². The van der Waals surface area contributed by atoms with Gasteiger partial charge in [-0.05, 0) is 18.6 Å². The first-order valence-electron chi connectivity index (χ1n) is 6.31. The maximum Gasteiger partial charge on any atom is 0.321 e. The number of rotatable bonds is 6. The Kier molecular flexibility index (Phi) is 6.04. The lowest BCUT2D eigenvalue weighted by Gasteiger charge is -2.21. The van der Waals surface area contributed by atoms with Crippen LogP contribution in [0.25, 0.3) is 0 Å². The molecule has 20 heavy (non-hydrogen) atoms. The Morgan fingerprint density at radius 3 is 2.70 bits per heavy atom. The van der Waals surface area contributed by atoms with Gasteiger partial charge in [-0.15, -0.1) is 0 Å². The second-order valence-electron chi connectivity index (χ2n) is 4.15. The molecule has 0 aromatic heterocycles. The summed E-state index contributed by atoms with van der Waals surface area (Å²) in [5.41, 5.74) is 1.03. The van der Waals surface area contributed by atoms with Crippen molar-refractivity contribution < 1.29 is 14.7 Å². The van der Waals surface area contributed by atoms with Crippen molar-refractivity contribution >= 4 is 17.7 Å². The monoisotopic (exact) mass is 275 g/mol. The number of anilines is 1. The molecule has 0 bridgehead atoms. The Labute approximate surface area is 117 Å². The molecule has 0 atom stereocenters. The number of benzene rings is 1. The molecule has 1 aromatic rings. The molecule has 2 amide bonds. The number of aliphatic carboxylic acids is 1. The minimum absolute atomic E-state index is 0.152. The van der Waals surface area contributed by atoms with Gasteiger partial charge in [-0.25, -0.2) is 4.79 Å². The molecule has 0 radical (unpaired) electrons. The number of nitriles is 1. The number of carbonyl (C=O) groups excluding carboxylic acids is 1. The summed E-state index contributed by atoms with van der Waals surface area (Å²) < 4.78 is 0. The molecule has 0 aliphatic rings. The highest BCUT2D eigenvalue weighted by molar-refractivity contribution is 5.91. The fraction of sp³-hybridized carbons (Fsp3) is 0.357. The zero-order valence-electron chi connectivity index (χ0n) is 11.3. The average Bonchev–Trinajstić information content (AvgIpc) is 2.41. The van der Waals surface area contributed by atoms with Gasteiger partial charge in [0.25, 0.3) is 0 Å². The predicted octanol–water partition coefficient (Wildman–Crippen LogP) is 2.08. The highest BCUT2D eigenvalue weighted by Gasteiger charge is 2.13. The van der Waals surface area contributed by atoms with E-state index in [0.29, 0.717) is 24.3 Å². The number of carbonyl (C=O) groups is 2. The van der Waals surface area contributed by atoms with E-state index in [1.165, 1.54) is 4.90 Å². The lowest BCUT2D eigenvalue weighted by molar-refractivity contribution is -0.136. The zero-order chi connectivity index (χ0) is 15.0. The Morgan fingerprint density at radius 2 is 2.10 bits per heavy atom. The molecule has 1 aromatic carbocycles. The molecule has 2 N–H and O–H groups in total. The number of hydrogen-bond acceptors (Lipinski definition) is 3. The molecular formula is C14H17N3O3. The van der Waals surface area contributed by atoms with Gasteiger partial charge in [0.15, 0.2) is 0 Å². The van der Waals surface area contributed by atoms with Crippen molar-refractivity contribution in [2.75, 3.05) is 18.4 Å². The van der Waals surface area contributed by atoms with E-state index in [-0.39, 0.29) is 18.9 Å². The van der Waals surface area contributed by atoms with Gasteiger partial charge >= 0.3 is 12.0 Å². The summed E-state index contributed by atoms with van der Waals surface area (Å²) in [6.45, 7) is 2.65. The van der Waals surface area contributed by atoms with Crippen LogP contribution >= 0.6 is 0 Å². The highest BCUT2D eigenvalue weighted by Crippen LogP contribution is 2.16. The van der Waals surface area contributed by atoms with E-state index < -0.39 is 5.97 Å². The van der Waals surface area contributed by atoms with Crippen molar-refractivity contribution in [3.05, 3.63) is 29.8 Å². The number of carboxylic acids is 1. The van der Waals surface area contributed by atoms with E-state index in [1.807, 2.05) is 13.0 Å². The van der Waals surface area contributed by atoms with Crippen molar-refractivity contribution in [3.63, 3.8) is 0 Å². The zero-order valence-corrected chi connectivity index (χ0v) is 11.3. The first kappa shape index (κ1) is 15.5. The van der Waals surface area contributed by atoms with Gasteiger partial charge in [-0.1, -0.05) is 18.2 Å². The third kappa shape index (κ3) is 4.61. The summed E-state index contributed by atoms with van der Waals surface area (Å²) in [5.74, 6) is -0.955. The molecule has 0 aliphatic heterocycles. The third-order valence-electron chi connectivity index (χ3n) is 2.76. The molecule has 6 nitrogen and oxygen atoms in total. The number of nitrogens with one attached hydrogen (secondary N) is 1. The summed E-state index contributed by atoms with van der Waals surface area (Å²) >= 11 is 0. The second kappa shape index (κ2) is 7.79. The first-order valence-corrected chi connectivity index (χ1v) is 6.31. The van der Waals surface area contributed by atoms with Crippen molar-refractivity contribution in [3.8, 4) is 6.07 Å². The fourth-order valence-corrected chi connectivity index (χ4v) is 1.74. The van der Waals surface area contributed by atoms with Crippen molar-refractivity contribution in [1.29, 1.82) is 5.26 Å². The van der Waals surface area contributed by atoms with Crippen LogP contribution in [0.15, 0.2) is 24.3 Å². The van der Waals surface area contributed by atoms with Gasteiger partial charge in [0.05, 0.1) is 18.9 Å². The van der Waals surface area contributed by atoms with Crippen LogP contribution in [0.1, 0.15) is 18.9 Å². The van der Waals surface area contributed by atoms with Crippen LogP contribution in [0.2, 0.25) is 0 Å². The third-order valence-corrected chi connectivity index (χ3v) is 2.76. The van der Waals surface area contributed by atoms with Crippen LogP contribution in [-0.4, -0.2) is 35.1 Å². The number of nitrogens with zero attached hydrogens (tertiary/aromatic N) is 2. The smallest absolute Gasteiger partial charge is 0.321 e. The summed E-state index contributed by atoms with van der Waals surface area (Å²) in [7, 11) is 0. The first-order chi connectivity index (χ1) is 9.58. The standard InChI is InChI=1S/C14H17N3O3/c1-2-17(9-5-8-15)14(20)16-12-7-4-3-6-11(12)10-13(18)19/h3-4,6-7H,2,5,9-10H2,1H3,(H,16,20)(H,18,19). The Balaban J connectivity index is 2.79. The van der Waals surface area contributed by atoms with Gasteiger partial charge in [-0.3, -0.25) is 4.79 Å². The summed E-state index contributed by atoms with van der Waals surface area (Å²) in [4.78, 5) is 24.3. The van der Waals surface area contributed by atoms with E-state index in [2.05, 4.69) is 5.32 Å². The molecule has 0 spiro atoms. The largest absolute Gasteiger partial charge is 0.481 e. The molecule has 0 heterocycles. The van der Waals surface area contributed by atoms with Gasteiger partial charge in [0.1, 0.15) is 0 Å². The SMILES string of the molecule is CCN(CCC#N)C(=O)Nc1ccccc1CC(=O)O. The molecule has 1 rings (SSSR count). The topological polar surface area (TPSA) is 93.4 Å². The molecule has 106 valence electrons. The van der Waals surface area contributed by atoms with Crippen LogP contribution in [0.4, 0.5) is 10.5 Å². The number of urea groups is 1. The molecule has 0 aliphatic carbocycles. The van der Waals surface area contributed by atoms with Gasteiger partial charge in [0, 0.05) is 18.8 Å². The number of para-hydroxylation sites is 1. The van der Waals surface area contributed by atoms with Gasteiger partial charge < -0.3 is 15.3 Å². The van der Waals surface area contributed by atoms with Crippen LogP contribution in [-0.2, 0) is 11.2 Å². The average molecular weight is 275 g/mol. The van der Waals surface area contributed by atoms with Crippen LogP contribution in [0.3, 0.4) is 0 Å². The maximum atomic E-state index is 12.0. The molecule has 0 unspecified atom stereocenters. The lowest BCUT2D eigenvalue weighted by atomic mass is 10.1. The number of carboxylic acid groups (broad SMARTS) is 1. The fourth-order valence-electron chi connectivity index (χ4n) is 1.74. The van der Waals surface area contributed by atoms with Crippen molar-refractivity contribution in [2.45, 2.75) is 19.8 Å². The van der Waals surface area contributed by atoms with Crippen LogP contribution in [0.5, 0.6) is 0 Å². The van der Waals surface area contributed by atoms with E-state index in [1.54, 1.807) is 24.3 Å². The number of amides is 2. The predicted molar refractivity (Wildman–Crippen MR) is 74.3 cm³/mol. The van der Waals surface area contributed by atoms with Crippen molar-refractivity contribution in [2.24, 2.45) is 0 Å². The quantitative estimate of drug-likeness (QED) is 0.831. The minimum Gasteiger partial charge on any atom is -0.481 e. The summed E-state index contributed by atoms with van der Waals surface area (Å²) in [6.07, 6.45) is 0.110. The highest BCUT2D eigenvalue weighted by atomic mass is 16.4. The Morgan fingerprint density at radius 1 is 1.40 bits per heavy atom. The molecule has 0 saturated carbocycles. The second-order valence-corrected chi connectivity index (χ2v) is 4.15. The van der Waals surface area contributed by atoms with Crippen molar-refractivity contribution in [1.82, 2.24) is 4.90 Å². The maximum absolute atomic E-state index is 12.0. The van der Waals surface area contributed by atoms with Crippen LogP contribution in [0, 0.1) is 11.3 Å². The summed E-state index contributed by atoms with van der Waals surface area (Å²) in [5, 5.41) is 20.1. The molecule has 6 heteroatoms. The minimum atomic E-state index is -0.955. The Hall–Kier alpha value is -2.55. The molecular weight excluding hydrogens is 258 g/mol. The lowest BCUT2D eigenvalue weighted by Crippen LogP contribution is -2.35. The van der Waals surface area contributed by atoms with E-state index in [4.69, 9.17) is 10.4 Å². The van der Waals surface area contributed by atoms with E-state index >= 15 is 0 Å². The van der Waals surface area contributed by atoms with Gasteiger partial charge in [0.2, 0.25) is 0 Å². The molecule has 0 fully saturated rings. The van der Waals surface area contributed by atoms with Gasteiger partial charge in [-0.2, -0.15) is 5.26 Å². The van der Waals surface area contributed by atoms with Crippen LogP contribution < -0.4 is 5.32 Å². The number of hydrogen-bond donors (Lipinski definition) is 2. The van der Waals surface area contributed by atoms with E-state index in [9.17, 15) is 9.59 Å². The summed E-state index contributed by atoms with van der Waals surface area (Å²) in [6, 6.07) is 8.43. The normalized spacial score (nSPS) is 9.60. The molecule has 0 saturated heterocycles. The Bertz CT molecular complexity index is 523.